The summed E-state index contributed by atoms with van der Waals surface area (Å²) in [6, 6.07) is 2.00. The van der Waals surface area contributed by atoms with E-state index in [2.05, 4.69) is 15.9 Å². The number of carboxylic acid groups (broad SMARTS) is 1. The highest BCUT2D eigenvalue weighted by atomic mass is 79.9. The Morgan fingerprint density at radius 2 is 1.95 bits per heavy atom. The zero-order chi connectivity index (χ0) is 14.9. The van der Waals surface area contributed by atoms with Crippen molar-refractivity contribution in [2.24, 2.45) is 0 Å². The normalized spacial score (nSPS) is 15.8. The largest absolute Gasteiger partial charge is 0.493 e. The summed E-state index contributed by atoms with van der Waals surface area (Å²) >= 11 is 3.50. The zero-order valence-electron chi connectivity index (χ0n) is 12.0. The summed E-state index contributed by atoms with van der Waals surface area (Å²) in [7, 11) is 3.22. The van der Waals surface area contributed by atoms with Crippen LogP contribution >= 0.6 is 15.9 Å². The van der Waals surface area contributed by atoms with Crippen LogP contribution in [0.3, 0.4) is 0 Å². The van der Waals surface area contributed by atoms with Gasteiger partial charge < -0.3 is 14.6 Å². The van der Waals surface area contributed by atoms with Crippen LogP contribution in [0, 0.1) is 0 Å². The maximum absolute atomic E-state index is 11.1. The highest BCUT2D eigenvalue weighted by Crippen LogP contribution is 2.55. The van der Waals surface area contributed by atoms with Gasteiger partial charge in [-0.25, -0.2) is 0 Å². The molecule has 1 N–H and O–H groups in total. The van der Waals surface area contributed by atoms with Crippen LogP contribution in [0.1, 0.15) is 37.3 Å². The average Bonchev–Trinajstić information content (AvgIpc) is 3.17. The molecule has 0 heterocycles. The molecule has 0 aliphatic heterocycles. The summed E-state index contributed by atoms with van der Waals surface area (Å²) < 4.78 is 11.7. The van der Waals surface area contributed by atoms with Gasteiger partial charge in [0, 0.05) is 11.0 Å². The first-order chi connectivity index (χ1) is 9.49. The Hall–Kier alpha value is -1.23. The van der Waals surface area contributed by atoms with Gasteiger partial charge in [0.25, 0.3) is 0 Å². The van der Waals surface area contributed by atoms with E-state index in [9.17, 15) is 4.79 Å². The van der Waals surface area contributed by atoms with Gasteiger partial charge in [-0.1, -0.05) is 6.92 Å². The summed E-state index contributed by atoms with van der Waals surface area (Å²) in [5.74, 6) is 0.616. The van der Waals surface area contributed by atoms with Gasteiger partial charge in [0.1, 0.15) is 0 Å². The number of hydrogen-bond donors (Lipinski definition) is 1. The lowest BCUT2D eigenvalue weighted by atomic mass is 9.87. The number of aliphatic carboxylic acids is 1. The second-order valence-electron chi connectivity index (χ2n) is 5.16. The fraction of sp³-hybridized carbons (Fsp3) is 0.533. The minimum absolute atomic E-state index is 0.169. The summed E-state index contributed by atoms with van der Waals surface area (Å²) in [4.78, 5) is 11.1. The first-order valence-electron chi connectivity index (χ1n) is 6.64. The standard InChI is InChI=1S/C15H19BrO4/c1-4-9-10(15(5-6-15)8-12(17)18)7-11(16)14(20-3)13(9)19-2/h7H,4-6,8H2,1-3H3,(H,17,18). The number of halogens is 1. The van der Waals surface area contributed by atoms with Crippen LogP contribution in [0.2, 0.25) is 0 Å². The number of methoxy groups -OCH3 is 2. The quantitative estimate of drug-likeness (QED) is 0.858. The molecule has 1 saturated carbocycles. The molecular formula is C15H19BrO4. The van der Waals surface area contributed by atoms with Gasteiger partial charge in [0.05, 0.1) is 25.1 Å². The molecule has 5 heteroatoms. The van der Waals surface area contributed by atoms with Crippen molar-refractivity contribution in [3.05, 3.63) is 21.7 Å². The first kappa shape index (κ1) is 15.2. The fourth-order valence-electron chi connectivity index (χ4n) is 2.86. The molecule has 1 fully saturated rings. The minimum atomic E-state index is -0.754. The van der Waals surface area contributed by atoms with Gasteiger partial charge in [-0.3, -0.25) is 4.79 Å². The maximum atomic E-state index is 11.1. The van der Waals surface area contributed by atoms with E-state index in [1.807, 2.05) is 13.0 Å². The van der Waals surface area contributed by atoms with E-state index in [1.165, 1.54) is 0 Å². The minimum Gasteiger partial charge on any atom is -0.493 e. The highest BCUT2D eigenvalue weighted by molar-refractivity contribution is 9.10. The third-order valence-electron chi connectivity index (χ3n) is 3.97. The number of ether oxygens (including phenoxy) is 2. The monoisotopic (exact) mass is 342 g/mol. The Bertz CT molecular complexity index is 535. The number of hydrogen-bond acceptors (Lipinski definition) is 3. The molecule has 1 aliphatic carbocycles. The molecule has 0 saturated heterocycles. The number of rotatable bonds is 6. The van der Waals surface area contributed by atoms with E-state index in [-0.39, 0.29) is 11.8 Å². The molecule has 1 aromatic carbocycles. The van der Waals surface area contributed by atoms with Gasteiger partial charge in [0.15, 0.2) is 11.5 Å². The van der Waals surface area contributed by atoms with Crippen molar-refractivity contribution in [2.45, 2.75) is 38.0 Å². The van der Waals surface area contributed by atoms with Gasteiger partial charge in [-0.15, -0.1) is 0 Å². The van der Waals surface area contributed by atoms with Crippen molar-refractivity contribution in [1.29, 1.82) is 0 Å². The van der Waals surface area contributed by atoms with Gasteiger partial charge >= 0.3 is 5.97 Å². The topological polar surface area (TPSA) is 55.8 Å². The molecule has 2 rings (SSSR count). The summed E-state index contributed by atoms with van der Waals surface area (Å²) in [6.45, 7) is 2.05. The molecule has 1 aliphatic rings. The van der Waals surface area contributed by atoms with E-state index >= 15 is 0 Å². The SMILES string of the molecule is CCc1c(C2(CC(=O)O)CC2)cc(Br)c(OC)c1OC. The van der Waals surface area contributed by atoms with E-state index in [0.29, 0.717) is 11.5 Å². The average molecular weight is 343 g/mol. The highest BCUT2D eigenvalue weighted by Gasteiger charge is 2.48. The predicted octanol–water partition coefficient (Wildman–Crippen LogP) is 3.54. The number of carboxylic acids is 1. The lowest BCUT2D eigenvalue weighted by Crippen LogP contribution is -2.16. The Balaban J connectivity index is 2.59. The molecule has 110 valence electrons. The maximum Gasteiger partial charge on any atom is 0.304 e. The molecule has 0 bridgehead atoms. The van der Waals surface area contributed by atoms with Crippen molar-refractivity contribution in [1.82, 2.24) is 0 Å². The lowest BCUT2D eigenvalue weighted by molar-refractivity contribution is -0.137. The molecule has 1 aromatic rings. The molecule has 0 amide bonds. The molecule has 0 radical (unpaired) electrons. The predicted molar refractivity (Wildman–Crippen MR) is 79.8 cm³/mol. The summed E-state index contributed by atoms with van der Waals surface area (Å²) in [6.07, 6.45) is 2.77. The van der Waals surface area contributed by atoms with Crippen molar-refractivity contribution >= 4 is 21.9 Å². The van der Waals surface area contributed by atoms with E-state index in [1.54, 1.807) is 14.2 Å². The van der Waals surface area contributed by atoms with Crippen LogP contribution in [-0.4, -0.2) is 25.3 Å². The fourth-order valence-corrected chi connectivity index (χ4v) is 3.43. The van der Waals surface area contributed by atoms with Crippen LogP contribution in [0.5, 0.6) is 11.5 Å². The summed E-state index contributed by atoms with van der Waals surface area (Å²) in [5, 5.41) is 9.14. The second-order valence-corrected chi connectivity index (χ2v) is 6.01. The van der Waals surface area contributed by atoms with Gasteiger partial charge in [0.2, 0.25) is 0 Å². The van der Waals surface area contributed by atoms with Crippen LogP contribution in [0.15, 0.2) is 10.5 Å². The van der Waals surface area contributed by atoms with E-state index in [4.69, 9.17) is 14.6 Å². The van der Waals surface area contributed by atoms with Crippen LogP contribution < -0.4 is 9.47 Å². The molecule has 0 atom stereocenters. The van der Waals surface area contributed by atoms with Gasteiger partial charge in [-0.05, 0) is 46.8 Å². The molecular weight excluding hydrogens is 324 g/mol. The van der Waals surface area contributed by atoms with Crippen LogP contribution in [-0.2, 0) is 16.6 Å². The smallest absolute Gasteiger partial charge is 0.304 e. The Morgan fingerprint density at radius 1 is 1.35 bits per heavy atom. The third-order valence-corrected chi connectivity index (χ3v) is 4.56. The van der Waals surface area contributed by atoms with Crippen LogP contribution in [0.25, 0.3) is 0 Å². The first-order valence-corrected chi connectivity index (χ1v) is 7.44. The molecule has 4 nitrogen and oxygen atoms in total. The second kappa shape index (κ2) is 5.64. The lowest BCUT2D eigenvalue weighted by Gasteiger charge is -2.22. The Kier molecular flexibility index (Phi) is 4.28. The Morgan fingerprint density at radius 3 is 2.35 bits per heavy atom. The third kappa shape index (κ3) is 2.51. The van der Waals surface area contributed by atoms with Crippen molar-refractivity contribution in [2.75, 3.05) is 14.2 Å². The summed E-state index contributed by atoms with van der Waals surface area (Å²) in [5.41, 5.74) is 1.89. The van der Waals surface area contributed by atoms with Crippen molar-refractivity contribution in [3.63, 3.8) is 0 Å². The number of carbonyl (C=O) groups is 1. The molecule has 0 unspecified atom stereocenters. The zero-order valence-corrected chi connectivity index (χ0v) is 13.5. The van der Waals surface area contributed by atoms with Gasteiger partial charge in [-0.2, -0.15) is 0 Å². The van der Waals surface area contributed by atoms with E-state index in [0.717, 1.165) is 34.9 Å². The Labute approximate surface area is 127 Å². The molecule has 20 heavy (non-hydrogen) atoms. The van der Waals surface area contributed by atoms with Crippen molar-refractivity contribution < 1.29 is 19.4 Å². The molecule has 0 aromatic heterocycles. The van der Waals surface area contributed by atoms with Crippen LogP contribution in [0.4, 0.5) is 0 Å². The van der Waals surface area contributed by atoms with Crippen molar-refractivity contribution in [3.8, 4) is 11.5 Å². The van der Waals surface area contributed by atoms with E-state index < -0.39 is 5.97 Å². The number of benzene rings is 1. The molecule has 0 spiro atoms.